The van der Waals surface area contributed by atoms with Gasteiger partial charge in [0.05, 0.1) is 19.3 Å². The average Bonchev–Trinajstić information content (AvgIpc) is 2.82. The second kappa shape index (κ2) is 4.99. The highest BCUT2D eigenvalue weighted by Crippen LogP contribution is 2.32. The molecule has 86 valence electrons. The molecule has 1 aliphatic rings. The molecule has 0 radical (unpaired) electrons. The van der Waals surface area contributed by atoms with Crippen LogP contribution in [0.15, 0.2) is 18.2 Å². The summed E-state index contributed by atoms with van der Waals surface area (Å²) in [5.74, 6) is 1.02. The van der Waals surface area contributed by atoms with Crippen molar-refractivity contribution in [3.63, 3.8) is 0 Å². The molecule has 1 aromatic carbocycles. The van der Waals surface area contributed by atoms with Crippen molar-refractivity contribution in [2.75, 3.05) is 13.7 Å². The molecule has 1 aromatic rings. The molecule has 0 aromatic heterocycles. The lowest BCUT2D eigenvalue weighted by Crippen LogP contribution is -2.15. The van der Waals surface area contributed by atoms with E-state index in [0.717, 1.165) is 19.1 Å². The van der Waals surface area contributed by atoms with Crippen LogP contribution in [-0.4, -0.2) is 26.3 Å². The summed E-state index contributed by atoms with van der Waals surface area (Å²) in [5, 5.41) is 0. The fraction of sp³-hybridized carbons (Fsp3) is 0.417. The quantitative estimate of drug-likeness (QED) is 0.731. The van der Waals surface area contributed by atoms with Crippen molar-refractivity contribution in [2.45, 2.75) is 19.1 Å². The van der Waals surface area contributed by atoms with Gasteiger partial charge in [0, 0.05) is 6.42 Å². The molecule has 16 heavy (non-hydrogen) atoms. The van der Waals surface area contributed by atoms with E-state index in [0.29, 0.717) is 23.7 Å². The van der Waals surface area contributed by atoms with Crippen LogP contribution in [0, 0.1) is 0 Å². The fourth-order valence-electron chi connectivity index (χ4n) is 1.68. The average molecular weight is 222 g/mol. The van der Waals surface area contributed by atoms with Gasteiger partial charge in [-0.05, 0) is 18.6 Å². The predicted molar refractivity (Wildman–Crippen MR) is 58.0 cm³/mol. The molecule has 1 atom stereocenters. The Morgan fingerprint density at radius 1 is 1.50 bits per heavy atom. The Bertz CT molecular complexity index is 369. The molecular weight excluding hydrogens is 208 g/mol. The normalized spacial score (nSPS) is 19.4. The molecule has 1 fully saturated rings. The largest absolute Gasteiger partial charge is 0.493 e. The molecule has 4 heteroatoms. The van der Waals surface area contributed by atoms with Crippen LogP contribution < -0.4 is 9.47 Å². The molecule has 1 heterocycles. The predicted octanol–water partition coefficient (Wildman–Crippen LogP) is 2.02. The first-order valence-electron chi connectivity index (χ1n) is 5.25. The van der Waals surface area contributed by atoms with Crippen molar-refractivity contribution >= 4 is 6.29 Å². The summed E-state index contributed by atoms with van der Waals surface area (Å²) in [6.45, 7) is 0.705. The van der Waals surface area contributed by atoms with E-state index in [1.54, 1.807) is 25.3 Å². The number of carbonyl (C=O) groups is 1. The summed E-state index contributed by atoms with van der Waals surface area (Å²) in [7, 11) is 1.55. The third kappa shape index (κ3) is 2.17. The van der Waals surface area contributed by atoms with Crippen molar-refractivity contribution in [2.24, 2.45) is 0 Å². The van der Waals surface area contributed by atoms with Crippen LogP contribution in [0.2, 0.25) is 0 Å². The van der Waals surface area contributed by atoms with Gasteiger partial charge in [-0.1, -0.05) is 6.07 Å². The second-order valence-corrected chi connectivity index (χ2v) is 3.56. The molecule has 1 unspecified atom stereocenters. The van der Waals surface area contributed by atoms with Gasteiger partial charge in [-0.3, -0.25) is 4.79 Å². The van der Waals surface area contributed by atoms with E-state index in [2.05, 4.69) is 0 Å². The monoisotopic (exact) mass is 222 g/mol. The van der Waals surface area contributed by atoms with E-state index in [1.165, 1.54) is 0 Å². The number of rotatable bonds is 4. The van der Waals surface area contributed by atoms with Gasteiger partial charge in [-0.2, -0.15) is 0 Å². The van der Waals surface area contributed by atoms with Gasteiger partial charge >= 0.3 is 0 Å². The maximum atomic E-state index is 10.9. The number of hydrogen-bond donors (Lipinski definition) is 0. The van der Waals surface area contributed by atoms with Crippen molar-refractivity contribution in [3.8, 4) is 11.5 Å². The van der Waals surface area contributed by atoms with Gasteiger partial charge in [0.25, 0.3) is 0 Å². The topological polar surface area (TPSA) is 44.8 Å². The lowest BCUT2D eigenvalue weighted by molar-refractivity contribution is -0.0404. The van der Waals surface area contributed by atoms with Crippen LogP contribution in [0.3, 0.4) is 0 Å². The number of carbonyl (C=O) groups excluding carboxylic acids is 1. The van der Waals surface area contributed by atoms with Gasteiger partial charge in [-0.15, -0.1) is 0 Å². The van der Waals surface area contributed by atoms with Crippen molar-refractivity contribution in [1.29, 1.82) is 0 Å². The zero-order valence-corrected chi connectivity index (χ0v) is 9.14. The van der Waals surface area contributed by atoms with Gasteiger partial charge < -0.3 is 14.2 Å². The lowest BCUT2D eigenvalue weighted by atomic mass is 10.2. The van der Waals surface area contributed by atoms with Crippen molar-refractivity contribution < 1.29 is 19.0 Å². The summed E-state index contributed by atoms with van der Waals surface area (Å²) in [6, 6.07) is 5.21. The summed E-state index contributed by atoms with van der Waals surface area (Å²) in [5.41, 5.74) is 0.481. The first-order chi connectivity index (χ1) is 7.85. The van der Waals surface area contributed by atoms with Gasteiger partial charge in [0.15, 0.2) is 24.1 Å². The van der Waals surface area contributed by atoms with Gasteiger partial charge in [0.2, 0.25) is 0 Å². The highest BCUT2D eigenvalue weighted by molar-refractivity contribution is 5.81. The van der Waals surface area contributed by atoms with E-state index in [1.807, 2.05) is 0 Å². The minimum Gasteiger partial charge on any atom is -0.493 e. The number of methoxy groups -OCH3 is 1. The number of para-hydroxylation sites is 1. The maximum absolute atomic E-state index is 10.9. The molecule has 0 aliphatic carbocycles. The van der Waals surface area contributed by atoms with Crippen LogP contribution >= 0.6 is 0 Å². The highest BCUT2D eigenvalue weighted by atomic mass is 16.7. The molecule has 0 spiro atoms. The SMILES string of the molecule is COc1cccc(C=O)c1OC1CCCO1. The van der Waals surface area contributed by atoms with Crippen LogP contribution in [-0.2, 0) is 4.74 Å². The number of hydrogen-bond acceptors (Lipinski definition) is 4. The molecular formula is C12H14O4. The third-order valence-electron chi connectivity index (χ3n) is 2.49. The zero-order chi connectivity index (χ0) is 11.4. The van der Waals surface area contributed by atoms with Crippen LogP contribution in [0.1, 0.15) is 23.2 Å². The first-order valence-corrected chi connectivity index (χ1v) is 5.25. The van der Waals surface area contributed by atoms with Gasteiger partial charge in [0.1, 0.15) is 0 Å². The zero-order valence-electron chi connectivity index (χ0n) is 9.14. The summed E-state index contributed by atoms with van der Waals surface area (Å²) < 4.78 is 16.2. The molecule has 2 rings (SSSR count). The van der Waals surface area contributed by atoms with E-state index in [9.17, 15) is 4.79 Å². The van der Waals surface area contributed by atoms with E-state index >= 15 is 0 Å². The molecule has 0 bridgehead atoms. The third-order valence-corrected chi connectivity index (χ3v) is 2.49. The maximum Gasteiger partial charge on any atom is 0.200 e. The molecule has 0 amide bonds. The van der Waals surface area contributed by atoms with Crippen LogP contribution in [0.25, 0.3) is 0 Å². The molecule has 1 aliphatic heterocycles. The summed E-state index contributed by atoms with van der Waals surface area (Å²) in [6.07, 6.45) is 2.31. The summed E-state index contributed by atoms with van der Waals surface area (Å²) >= 11 is 0. The Morgan fingerprint density at radius 2 is 2.38 bits per heavy atom. The molecule has 1 saturated heterocycles. The van der Waals surface area contributed by atoms with E-state index in [-0.39, 0.29) is 6.29 Å². The Balaban J connectivity index is 2.24. The van der Waals surface area contributed by atoms with Gasteiger partial charge in [-0.25, -0.2) is 0 Å². The van der Waals surface area contributed by atoms with E-state index in [4.69, 9.17) is 14.2 Å². The molecule has 0 saturated carbocycles. The second-order valence-electron chi connectivity index (χ2n) is 3.56. The number of ether oxygens (including phenoxy) is 3. The highest BCUT2D eigenvalue weighted by Gasteiger charge is 2.20. The van der Waals surface area contributed by atoms with Crippen molar-refractivity contribution in [3.05, 3.63) is 23.8 Å². The Hall–Kier alpha value is -1.55. The lowest BCUT2D eigenvalue weighted by Gasteiger charge is -2.16. The Kier molecular flexibility index (Phi) is 3.41. The Labute approximate surface area is 94.1 Å². The van der Waals surface area contributed by atoms with Crippen molar-refractivity contribution in [1.82, 2.24) is 0 Å². The number of aldehydes is 1. The van der Waals surface area contributed by atoms with E-state index < -0.39 is 0 Å². The minimum absolute atomic E-state index is 0.269. The summed E-state index contributed by atoms with van der Waals surface area (Å²) in [4.78, 5) is 10.9. The smallest absolute Gasteiger partial charge is 0.200 e. The first kappa shape index (κ1) is 11.0. The number of benzene rings is 1. The molecule has 0 N–H and O–H groups in total. The fourth-order valence-corrected chi connectivity index (χ4v) is 1.68. The molecule has 4 nitrogen and oxygen atoms in total. The van der Waals surface area contributed by atoms with Crippen LogP contribution in [0.4, 0.5) is 0 Å². The van der Waals surface area contributed by atoms with Crippen LogP contribution in [0.5, 0.6) is 11.5 Å². The minimum atomic E-state index is -0.269. The Morgan fingerprint density at radius 3 is 3.00 bits per heavy atom. The standard InChI is InChI=1S/C12H14O4/c1-14-10-5-2-4-9(8-13)12(10)16-11-6-3-7-15-11/h2,4-5,8,11H,3,6-7H2,1H3.